The predicted octanol–water partition coefficient (Wildman–Crippen LogP) is 1.10. The zero-order valence-electron chi connectivity index (χ0n) is 10.0. The average molecular weight is 212 g/mol. The van der Waals surface area contributed by atoms with Gasteiger partial charge < -0.3 is 15.0 Å². The highest BCUT2D eigenvalue weighted by Gasteiger charge is 2.25. The van der Waals surface area contributed by atoms with E-state index in [2.05, 4.69) is 24.2 Å². The van der Waals surface area contributed by atoms with E-state index in [1.807, 2.05) is 0 Å². The van der Waals surface area contributed by atoms with Gasteiger partial charge in [-0.25, -0.2) is 0 Å². The molecule has 0 aromatic heterocycles. The van der Waals surface area contributed by atoms with Gasteiger partial charge in [-0.05, 0) is 52.2 Å². The largest absolute Gasteiger partial charge is 0.381 e. The molecule has 0 aliphatic carbocycles. The van der Waals surface area contributed by atoms with Crippen LogP contribution in [0.15, 0.2) is 0 Å². The van der Waals surface area contributed by atoms with Gasteiger partial charge in [0.15, 0.2) is 0 Å². The average Bonchev–Trinajstić information content (AvgIpc) is 2.74. The molecular formula is C12H24N2O. The topological polar surface area (TPSA) is 24.5 Å². The van der Waals surface area contributed by atoms with Crippen LogP contribution >= 0.6 is 0 Å². The summed E-state index contributed by atoms with van der Waals surface area (Å²) in [5.74, 6) is 0.740. The lowest BCUT2D eigenvalue weighted by molar-refractivity contribution is 0.169. The first-order chi connectivity index (χ1) is 7.25. The maximum Gasteiger partial charge on any atom is 0.0509 e. The highest BCUT2D eigenvalue weighted by atomic mass is 16.5. The first kappa shape index (κ1) is 11.4. The summed E-state index contributed by atoms with van der Waals surface area (Å²) in [5.41, 5.74) is 0. The third-order valence-corrected chi connectivity index (χ3v) is 3.89. The number of nitrogens with one attached hydrogen (secondary N) is 1. The second-order valence-electron chi connectivity index (χ2n) is 5.16. The molecule has 0 aromatic rings. The summed E-state index contributed by atoms with van der Waals surface area (Å²) >= 11 is 0. The molecule has 0 saturated carbocycles. The van der Waals surface area contributed by atoms with Gasteiger partial charge in [0.25, 0.3) is 0 Å². The van der Waals surface area contributed by atoms with E-state index in [0.717, 1.165) is 25.2 Å². The van der Waals surface area contributed by atoms with E-state index < -0.39 is 0 Å². The second kappa shape index (κ2) is 5.28. The van der Waals surface area contributed by atoms with Crippen LogP contribution in [0.1, 0.15) is 26.2 Å². The van der Waals surface area contributed by atoms with Crippen LogP contribution in [-0.4, -0.2) is 50.3 Å². The Morgan fingerprint density at radius 1 is 1.27 bits per heavy atom. The molecule has 3 heteroatoms. The predicted molar refractivity (Wildman–Crippen MR) is 62.0 cm³/mol. The van der Waals surface area contributed by atoms with E-state index in [0.29, 0.717) is 6.04 Å². The van der Waals surface area contributed by atoms with Crippen LogP contribution in [0.3, 0.4) is 0 Å². The standard InChI is InChI=1S/C12H24N2O/c1-10(11-5-8-15-9-11)13-12-3-6-14(2)7-4-12/h10-13H,3-9H2,1-2H3/t10-,11-/m0/s1. The summed E-state index contributed by atoms with van der Waals surface area (Å²) in [4.78, 5) is 2.42. The van der Waals surface area contributed by atoms with Crippen molar-refractivity contribution >= 4 is 0 Å². The minimum Gasteiger partial charge on any atom is -0.381 e. The molecule has 2 saturated heterocycles. The maximum absolute atomic E-state index is 5.44. The van der Waals surface area contributed by atoms with Crippen molar-refractivity contribution in [1.29, 1.82) is 0 Å². The van der Waals surface area contributed by atoms with E-state index in [4.69, 9.17) is 4.74 Å². The molecule has 2 fully saturated rings. The molecular weight excluding hydrogens is 188 g/mol. The van der Waals surface area contributed by atoms with Crippen LogP contribution in [0.2, 0.25) is 0 Å². The van der Waals surface area contributed by atoms with Gasteiger partial charge in [0, 0.05) is 18.7 Å². The molecule has 2 aliphatic rings. The Hall–Kier alpha value is -0.120. The maximum atomic E-state index is 5.44. The lowest BCUT2D eigenvalue weighted by Gasteiger charge is -2.33. The van der Waals surface area contributed by atoms with Gasteiger partial charge in [-0.15, -0.1) is 0 Å². The number of nitrogens with zero attached hydrogens (tertiary/aromatic N) is 1. The van der Waals surface area contributed by atoms with Crippen LogP contribution < -0.4 is 5.32 Å². The van der Waals surface area contributed by atoms with Crippen LogP contribution in [0.4, 0.5) is 0 Å². The molecule has 1 N–H and O–H groups in total. The smallest absolute Gasteiger partial charge is 0.0509 e. The number of ether oxygens (including phenoxy) is 1. The highest BCUT2D eigenvalue weighted by molar-refractivity contribution is 4.82. The summed E-state index contributed by atoms with van der Waals surface area (Å²) in [6.45, 7) is 6.72. The van der Waals surface area contributed by atoms with Crippen molar-refractivity contribution in [1.82, 2.24) is 10.2 Å². The van der Waals surface area contributed by atoms with Crippen molar-refractivity contribution in [3.63, 3.8) is 0 Å². The zero-order valence-corrected chi connectivity index (χ0v) is 10.0. The molecule has 88 valence electrons. The Bertz CT molecular complexity index is 184. The van der Waals surface area contributed by atoms with Crippen LogP contribution in [-0.2, 0) is 4.74 Å². The van der Waals surface area contributed by atoms with Crippen molar-refractivity contribution in [3.8, 4) is 0 Å². The first-order valence-corrected chi connectivity index (χ1v) is 6.28. The Morgan fingerprint density at radius 2 is 2.00 bits per heavy atom. The second-order valence-corrected chi connectivity index (χ2v) is 5.16. The SMILES string of the molecule is C[C@H](NC1CCN(C)CC1)[C@H]1CCOC1. The van der Waals surface area contributed by atoms with E-state index in [9.17, 15) is 0 Å². The van der Waals surface area contributed by atoms with Crippen molar-refractivity contribution < 1.29 is 4.74 Å². The summed E-state index contributed by atoms with van der Waals surface area (Å²) in [5, 5.41) is 3.77. The number of hydrogen-bond acceptors (Lipinski definition) is 3. The lowest BCUT2D eigenvalue weighted by atomic mass is 9.97. The third-order valence-electron chi connectivity index (χ3n) is 3.89. The quantitative estimate of drug-likeness (QED) is 0.758. The third kappa shape index (κ3) is 3.16. The molecule has 2 rings (SSSR count). The molecule has 0 bridgehead atoms. The number of hydrogen-bond donors (Lipinski definition) is 1. The molecule has 0 spiro atoms. The Balaban J connectivity index is 1.71. The summed E-state index contributed by atoms with van der Waals surface area (Å²) in [6.07, 6.45) is 3.84. The summed E-state index contributed by atoms with van der Waals surface area (Å²) in [6, 6.07) is 1.36. The van der Waals surface area contributed by atoms with Crippen molar-refractivity contribution in [2.75, 3.05) is 33.4 Å². The van der Waals surface area contributed by atoms with E-state index in [1.165, 1.54) is 32.4 Å². The van der Waals surface area contributed by atoms with Gasteiger partial charge >= 0.3 is 0 Å². The van der Waals surface area contributed by atoms with Crippen molar-refractivity contribution in [3.05, 3.63) is 0 Å². The van der Waals surface area contributed by atoms with E-state index in [-0.39, 0.29) is 0 Å². The summed E-state index contributed by atoms with van der Waals surface area (Å²) < 4.78 is 5.44. The highest BCUT2D eigenvalue weighted by Crippen LogP contribution is 2.18. The lowest BCUT2D eigenvalue weighted by Crippen LogP contribution is -2.46. The molecule has 3 nitrogen and oxygen atoms in total. The van der Waals surface area contributed by atoms with Gasteiger partial charge in [0.05, 0.1) is 6.61 Å². The van der Waals surface area contributed by atoms with Gasteiger partial charge in [-0.1, -0.05) is 0 Å². The number of likely N-dealkylation sites (tertiary alicyclic amines) is 1. The van der Waals surface area contributed by atoms with E-state index >= 15 is 0 Å². The normalized spacial score (nSPS) is 32.0. The molecule has 2 heterocycles. The fourth-order valence-electron chi connectivity index (χ4n) is 2.63. The van der Waals surface area contributed by atoms with E-state index in [1.54, 1.807) is 0 Å². The monoisotopic (exact) mass is 212 g/mol. The Kier molecular flexibility index (Phi) is 4.00. The minimum absolute atomic E-state index is 0.626. The van der Waals surface area contributed by atoms with Crippen molar-refractivity contribution in [2.45, 2.75) is 38.3 Å². The van der Waals surface area contributed by atoms with Gasteiger partial charge in [-0.3, -0.25) is 0 Å². The molecule has 0 unspecified atom stereocenters. The molecule has 2 aliphatic heterocycles. The van der Waals surface area contributed by atoms with Gasteiger partial charge in [0.2, 0.25) is 0 Å². The Morgan fingerprint density at radius 3 is 2.60 bits per heavy atom. The van der Waals surface area contributed by atoms with Crippen LogP contribution in [0.25, 0.3) is 0 Å². The van der Waals surface area contributed by atoms with Gasteiger partial charge in [0.1, 0.15) is 0 Å². The van der Waals surface area contributed by atoms with Crippen LogP contribution in [0, 0.1) is 5.92 Å². The molecule has 15 heavy (non-hydrogen) atoms. The van der Waals surface area contributed by atoms with Crippen molar-refractivity contribution in [2.24, 2.45) is 5.92 Å². The molecule has 0 radical (unpaired) electrons. The summed E-state index contributed by atoms with van der Waals surface area (Å²) in [7, 11) is 2.21. The first-order valence-electron chi connectivity index (χ1n) is 6.28. The fourth-order valence-corrected chi connectivity index (χ4v) is 2.63. The Labute approximate surface area is 93.2 Å². The fraction of sp³-hybridized carbons (Fsp3) is 1.00. The molecule has 0 amide bonds. The number of piperidine rings is 1. The molecule has 2 atom stereocenters. The van der Waals surface area contributed by atoms with Gasteiger partial charge in [-0.2, -0.15) is 0 Å². The molecule has 0 aromatic carbocycles. The minimum atomic E-state index is 0.626. The zero-order chi connectivity index (χ0) is 10.7. The van der Waals surface area contributed by atoms with Crippen LogP contribution in [0.5, 0.6) is 0 Å². The number of rotatable bonds is 3.